The molecule has 1 aromatic rings. The van der Waals surface area contributed by atoms with Crippen molar-refractivity contribution >= 4 is 0 Å². The van der Waals surface area contributed by atoms with Crippen molar-refractivity contribution in [3.05, 3.63) is 47.5 Å². The van der Waals surface area contributed by atoms with E-state index < -0.39 is 0 Å². The molecular formula is C19H26O. The second-order valence-corrected chi connectivity index (χ2v) is 6.95. The van der Waals surface area contributed by atoms with Gasteiger partial charge in [0.05, 0.1) is 12.2 Å². The molecule has 108 valence electrons. The molecule has 0 aromatic heterocycles. The molecule has 0 bridgehead atoms. The lowest BCUT2D eigenvalue weighted by Gasteiger charge is -2.46. The first kappa shape index (κ1) is 13.9. The van der Waals surface area contributed by atoms with Crippen molar-refractivity contribution in [2.24, 2.45) is 5.41 Å². The summed E-state index contributed by atoms with van der Waals surface area (Å²) in [7, 11) is 0. The van der Waals surface area contributed by atoms with E-state index in [1.54, 1.807) is 0 Å². The Morgan fingerprint density at radius 1 is 1.20 bits per heavy atom. The van der Waals surface area contributed by atoms with E-state index in [9.17, 15) is 0 Å². The average Bonchev–Trinajstić information content (AvgIpc) is 2.68. The smallest absolute Gasteiger partial charge is 0.0969 e. The van der Waals surface area contributed by atoms with Gasteiger partial charge in [0.1, 0.15) is 0 Å². The molecular weight excluding hydrogens is 244 g/mol. The van der Waals surface area contributed by atoms with E-state index in [-0.39, 0.29) is 5.60 Å². The molecule has 0 radical (unpaired) electrons. The van der Waals surface area contributed by atoms with Gasteiger partial charge in [-0.1, -0.05) is 55.7 Å². The van der Waals surface area contributed by atoms with Gasteiger partial charge in [-0.15, -0.1) is 0 Å². The van der Waals surface area contributed by atoms with Crippen molar-refractivity contribution in [2.45, 2.75) is 58.0 Å². The van der Waals surface area contributed by atoms with Crippen molar-refractivity contribution < 1.29 is 4.74 Å². The molecule has 1 fully saturated rings. The number of ether oxygens (including phenoxy) is 1. The molecule has 2 aliphatic carbocycles. The van der Waals surface area contributed by atoms with Gasteiger partial charge in [-0.05, 0) is 44.2 Å². The maximum atomic E-state index is 6.47. The second kappa shape index (κ2) is 5.04. The van der Waals surface area contributed by atoms with E-state index in [1.165, 1.54) is 49.7 Å². The van der Waals surface area contributed by atoms with Gasteiger partial charge in [0.2, 0.25) is 0 Å². The molecule has 1 heteroatoms. The topological polar surface area (TPSA) is 9.23 Å². The fourth-order valence-electron chi connectivity index (χ4n) is 4.34. The highest BCUT2D eigenvalue weighted by Gasteiger charge is 2.55. The van der Waals surface area contributed by atoms with Gasteiger partial charge in [0.15, 0.2) is 0 Å². The molecule has 1 saturated carbocycles. The van der Waals surface area contributed by atoms with Gasteiger partial charge < -0.3 is 4.74 Å². The quantitative estimate of drug-likeness (QED) is 0.702. The van der Waals surface area contributed by atoms with Crippen molar-refractivity contribution in [1.82, 2.24) is 0 Å². The summed E-state index contributed by atoms with van der Waals surface area (Å²) < 4.78 is 6.47. The van der Waals surface area contributed by atoms with E-state index in [0.717, 1.165) is 5.57 Å². The van der Waals surface area contributed by atoms with Crippen LogP contribution in [0.1, 0.15) is 57.1 Å². The lowest BCUT2D eigenvalue weighted by molar-refractivity contribution is -0.127. The molecule has 2 aliphatic rings. The summed E-state index contributed by atoms with van der Waals surface area (Å²) in [6, 6.07) is 8.89. The number of hydrogen-bond donors (Lipinski definition) is 0. The Balaban J connectivity index is 2.01. The predicted octanol–water partition coefficient (Wildman–Crippen LogP) is 5.00. The number of rotatable bonds is 3. The van der Waals surface area contributed by atoms with E-state index in [2.05, 4.69) is 44.7 Å². The molecule has 1 spiro atoms. The number of benzene rings is 1. The van der Waals surface area contributed by atoms with Crippen molar-refractivity contribution in [3.8, 4) is 0 Å². The highest BCUT2D eigenvalue weighted by molar-refractivity contribution is 5.41. The molecule has 0 amide bonds. The molecule has 1 aromatic carbocycles. The van der Waals surface area contributed by atoms with Gasteiger partial charge in [-0.3, -0.25) is 0 Å². The van der Waals surface area contributed by atoms with Gasteiger partial charge in [0.25, 0.3) is 0 Å². The molecule has 0 N–H and O–H groups in total. The summed E-state index contributed by atoms with van der Waals surface area (Å²) in [6.45, 7) is 9.06. The molecule has 0 saturated heterocycles. The van der Waals surface area contributed by atoms with E-state index >= 15 is 0 Å². The fraction of sp³-hybridized carbons (Fsp3) is 0.579. The third-order valence-corrected chi connectivity index (χ3v) is 5.49. The minimum Gasteiger partial charge on any atom is -0.366 e. The fourth-order valence-corrected chi connectivity index (χ4v) is 4.34. The van der Waals surface area contributed by atoms with Crippen LogP contribution in [0.25, 0.3) is 0 Å². The lowest BCUT2D eigenvalue weighted by Crippen LogP contribution is -2.44. The molecule has 20 heavy (non-hydrogen) atoms. The Labute approximate surface area is 123 Å². The second-order valence-electron chi connectivity index (χ2n) is 6.95. The lowest BCUT2D eigenvalue weighted by atomic mass is 9.64. The van der Waals surface area contributed by atoms with E-state index in [1.807, 2.05) is 0 Å². The van der Waals surface area contributed by atoms with Gasteiger partial charge in [-0.2, -0.15) is 0 Å². The van der Waals surface area contributed by atoms with E-state index in [4.69, 9.17) is 4.74 Å². The van der Waals surface area contributed by atoms with Gasteiger partial charge >= 0.3 is 0 Å². The third-order valence-electron chi connectivity index (χ3n) is 5.49. The molecule has 3 rings (SSSR count). The minimum absolute atomic E-state index is 0.136. The van der Waals surface area contributed by atoms with Gasteiger partial charge in [0, 0.05) is 5.41 Å². The van der Waals surface area contributed by atoms with Crippen LogP contribution in [0, 0.1) is 5.41 Å². The van der Waals surface area contributed by atoms with Crippen LogP contribution in [0.4, 0.5) is 0 Å². The number of hydrogen-bond acceptors (Lipinski definition) is 1. The summed E-state index contributed by atoms with van der Waals surface area (Å²) >= 11 is 0. The first-order valence-corrected chi connectivity index (χ1v) is 7.94. The Hall–Kier alpha value is -1.08. The van der Waals surface area contributed by atoms with Crippen LogP contribution in [0.3, 0.4) is 0 Å². The van der Waals surface area contributed by atoms with Crippen LogP contribution in [0.5, 0.6) is 0 Å². The molecule has 1 atom stereocenters. The minimum atomic E-state index is -0.136. The molecule has 1 nitrogen and oxygen atoms in total. The number of fused-ring (bicyclic) bond motifs is 1. The highest BCUT2D eigenvalue weighted by atomic mass is 16.5. The Morgan fingerprint density at radius 2 is 1.90 bits per heavy atom. The standard InChI is InChI=1S/C19H26O/c1-15(2)14-20-18(3)17-10-6-5-9-16(17)13-19(18)11-7-4-8-12-19/h5-6,9-10H,1,4,7-8,11-14H2,2-3H3. The van der Waals surface area contributed by atoms with Crippen LogP contribution in [-0.4, -0.2) is 6.61 Å². The van der Waals surface area contributed by atoms with Crippen LogP contribution in [-0.2, 0) is 16.8 Å². The first-order valence-electron chi connectivity index (χ1n) is 7.94. The zero-order valence-electron chi connectivity index (χ0n) is 12.9. The molecule has 0 heterocycles. The zero-order valence-corrected chi connectivity index (χ0v) is 12.9. The summed E-state index contributed by atoms with van der Waals surface area (Å²) in [4.78, 5) is 0. The zero-order chi connectivity index (χ0) is 14.2. The van der Waals surface area contributed by atoms with Crippen molar-refractivity contribution in [3.63, 3.8) is 0 Å². The van der Waals surface area contributed by atoms with E-state index in [0.29, 0.717) is 12.0 Å². The van der Waals surface area contributed by atoms with Crippen molar-refractivity contribution in [2.75, 3.05) is 6.61 Å². The Morgan fingerprint density at radius 3 is 2.60 bits per heavy atom. The average molecular weight is 270 g/mol. The van der Waals surface area contributed by atoms with Crippen LogP contribution >= 0.6 is 0 Å². The monoisotopic (exact) mass is 270 g/mol. The SMILES string of the molecule is C=C(C)COC1(C)c2ccccc2CC12CCCCC2. The molecule has 0 aliphatic heterocycles. The maximum Gasteiger partial charge on any atom is 0.0969 e. The summed E-state index contributed by atoms with van der Waals surface area (Å²) in [5.74, 6) is 0. The summed E-state index contributed by atoms with van der Waals surface area (Å²) in [6.07, 6.45) is 7.87. The highest BCUT2D eigenvalue weighted by Crippen LogP contribution is 2.59. The van der Waals surface area contributed by atoms with Gasteiger partial charge in [-0.25, -0.2) is 0 Å². The van der Waals surface area contributed by atoms with Crippen molar-refractivity contribution in [1.29, 1.82) is 0 Å². The largest absolute Gasteiger partial charge is 0.366 e. The Bertz CT molecular complexity index is 510. The summed E-state index contributed by atoms with van der Waals surface area (Å²) in [5, 5.41) is 0. The normalized spacial score (nSPS) is 27.5. The first-order chi connectivity index (χ1) is 9.57. The maximum absolute atomic E-state index is 6.47. The summed E-state index contributed by atoms with van der Waals surface area (Å²) in [5.41, 5.74) is 4.20. The van der Waals surface area contributed by atoms with Crippen LogP contribution in [0.15, 0.2) is 36.4 Å². The molecule has 1 unspecified atom stereocenters. The predicted molar refractivity (Wildman–Crippen MR) is 83.8 cm³/mol. The Kier molecular flexibility index (Phi) is 3.50. The van der Waals surface area contributed by atoms with Crippen LogP contribution < -0.4 is 0 Å². The third kappa shape index (κ3) is 2.03. The van der Waals surface area contributed by atoms with Crippen LogP contribution in [0.2, 0.25) is 0 Å².